The zero-order valence-corrected chi connectivity index (χ0v) is 17.0. The van der Waals surface area contributed by atoms with E-state index in [2.05, 4.69) is 16.0 Å². The highest BCUT2D eigenvalue weighted by molar-refractivity contribution is 5.95. The number of primary amides is 1. The van der Waals surface area contributed by atoms with E-state index in [9.17, 15) is 19.2 Å². The van der Waals surface area contributed by atoms with Crippen molar-refractivity contribution in [2.75, 3.05) is 0 Å². The first-order valence-electron chi connectivity index (χ1n) is 10.2. The molecular weight excluding hydrogens is 396 g/mol. The molecule has 3 rings (SSSR count). The number of carbonyl (C=O) groups is 4. The zero-order chi connectivity index (χ0) is 22.2. The monoisotopic (exact) mass is 422 g/mol. The van der Waals surface area contributed by atoms with E-state index in [1.54, 1.807) is 0 Å². The summed E-state index contributed by atoms with van der Waals surface area (Å²) >= 11 is 0. The topological polar surface area (TPSA) is 130 Å². The molecule has 0 unspecified atom stereocenters. The molecule has 162 valence electrons. The predicted octanol–water partition coefficient (Wildman–Crippen LogP) is 0.205. The van der Waals surface area contributed by atoms with Gasteiger partial charge >= 0.3 is 0 Å². The summed E-state index contributed by atoms with van der Waals surface area (Å²) in [5, 5.41) is 7.99. The van der Waals surface area contributed by atoms with Crippen molar-refractivity contribution in [2.45, 2.75) is 43.8 Å². The molecule has 4 amide bonds. The largest absolute Gasteiger partial charge is 0.368 e. The van der Waals surface area contributed by atoms with Crippen LogP contribution in [-0.2, 0) is 32.0 Å². The fourth-order valence-corrected chi connectivity index (χ4v) is 3.49. The van der Waals surface area contributed by atoms with Crippen LogP contribution >= 0.6 is 0 Å². The number of amides is 4. The maximum absolute atomic E-state index is 13.0. The van der Waals surface area contributed by atoms with Crippen molar-refractivity contribution in [1.29, 1.82) is 0 Å². The molecule has 0 saturated carbocycles. The Morgan fingerprint density at radius 2 is 1.45 bits per heavy atom. The van der Waals surface area contributed by atoms with Gasteiger partial charge in [0.05, 0.1) is 0 Å². The van der Waals surface area contributed by atoms with Gasteiger partial charge in [0, 0.05) is 19.3 Å². The minimum atomic E-state index is -0.926. The molecule has 1 fully saturated rings. The summed E-state index contributed by atoms with van der Waals surface area (Å²) < 4.78 is 0. The molecule has 5 N–H and O–H groups in total. The van der Waals surface area contributed by atoms with Crippen LogP contribution in [0.3, 0.4) is 0 Å². The average Bonchev–Trinajstić information content (AvgIpc) is 3.20. The van der Waals surface area contributed by atoms with E-state index in [-0.39, 0.29) is 25.2 Å². The molecule has 3 atom stereocenters. The van der Waals surface area contributed by atoms with E-state index in [0.29, 0.717) is 6.42 Å². The average molecular weight is 422 g/mol. The summed E-state index contributed by atoms with van der Waals surface area (Å²) in [7, 11) is 0. The Morgan fingerprint density at radius 1 is 0.903 bits per heavy atom. The van der Waals surface area contributed by atoms with Gasteiger partial charge in [0.1, 0.15) is 18.1 Å². The van der Waals surface area contributed by atoms with E-state index in [4.69, 9.17) is 5.73 Å². The van der Waals surface area contributed by atoms with Crippen molar-refractivity contribution < 1.29 is 19.2 Å². The second-order valence-corrected chi connectivity index (χ2v) is 7.56. The van der Waals surface area contributed by atoms with Crippen LogP contribution in [0.1, 0.15) is 24.0 Å². The van der Waals surface area contributed by atoms with Crippen molar-refractivity contribution in [3.8, 4) is 0 Å². The number of rotatable bonds is 9. The lowest BCUT2D eigenvalue weighted by Gasteiger charge is -2.23. The number of hydrogen-bond donors (Lipinski definition) is 4. The van der Waals surface area contributed by atoms with E-state index < -0.39 is 35.8 Å². The van der Waals surface area contributed by atoms with Crippen LogP contribution < -0.4 is 21.7 Å². The Hall–Kier alpha value is -3.68. The van der Waals surface area contributed by atoms with Gasteiger partial charge in [-0.05, 0) is 17.5 Å². The number of carbonyl (C=O) groups excluding carboxylic acids is 4. The van der Waals surface area contributed by atoms with Crippen molar-refractivity contribution >= 4 is 23.6 Å². The highest BCUT2D eigenvalue weighted by atomic mass is 16.2. The Bertz CT molecular complexity index is 933. The van der Waals surface area contributed by atoms with E-state index >= 15 is 0 Å². The van der Waals surface area contributed by atoms with Crippen LogP contribution in [0.5, 0.6) is 0 Å². The van der Waals surface area contributed by atoms with Gasteiger partial charge in [-0.1, -0.05) is 60.7 Å². The second-order valence-electron chi connectivity index (χ2n) is 7.56. The SMILES string of the molecule is NC(=O)[C@H](Cc1ccccc1)NC(=O)[C@H](Cc1ccccc1)NC(=O)[C@@H]1CCC(=O)N1. The van der Waals surface area contributed by atoms with Gasteiger partial charge in [-0.25, -0.2) is 0 Å². The molecule has 8 heteroatoms. The van der Waals surface area contributed by atoms with E-state index in [0.717, 1.165) is 11.1 Å². The van der Waals surface area contributed by atoms with E-state index in [1.807, 2.05) is 60.7 Å². The highest BCUT2D eigenvalue weighted by Crippen LogP contribution is 2.10. The van der Waals surface area contributed by atoms with Gasteiger partial charge in [-0.15, -0.1) is 0 Å². The fraction of sp³-hybridized carbons (Fsp3) is 0.304. The number of nitrogens with one attached hydrogen (secondary N) is 3. The molecule has 1 heterocycles. The first kappa shape index (κ1) is 22.0. The van der Waals surface area contributed by atoms with Crippen molar-refractivity contribution in [1.82, 2.24) is 16.0 Å². The van der Waals surface area contributed by atoms with Crippen molar-refractivity contribution in [2.24, 2.45) is 5.73 Å². The lowest BCUT2D eigenvalue weighted by atomic mass is 10.0. The molecule has 0 aromatic heterocycles. The smallest absolute Gasteiger partial charge is 0.243 e. The number of benzene rings is 2. The minimum absolute atomic E-state index is 0.194. The molecule has 0 radical (unpaired) electrons. The molecule has 0 spiro atoms. The number of hydrogen-bond acceptors (Lipinski definition) is 4. The number of nitrogens with two attached hydrogens (primary N) is 1. The standard InChI is InChI=1S/C23H26N4O4/c24-21(29)18(13-15-7-3-1-4-8-15)26-23(31)19(14-16-9-5-2-6-10-16)27-22(30)17-11-12-20(28)25-17/h1-10,17-19H,11-14H2,(H2,24,29)(H,25,28)(H,26,31)(H,27,30)/t17-,18-,19-/m0/s1. The molecule has 31 heavy (non-hydrogen) atoms. The maximum atomic E-state index is 13.0. The van der Waals surface area contributed by atoms with Gasteiger partial charge in [0.2, 0.25) is 23.6 Å². The van der Waals surface area contributed by atoms with Gasteiger partial charge in [0.15, 0.2) is 0 Å². The Balaban J connectivity index is 1.72. The second kappa shape index (κ2) is 10.4. The molecular formula is C23H26N4O4. The molecule has 1 aliphatic rings. The van der Waals surface area contributed by atoms with Crippen LogP contribution in [0.15, 0.2) is 60.7 Å². The third-order valence-electron chi connectivity index (χ3n) is 5.17. The van der Waals surface area contributed by atoms with Crippen LogP contribution in [0.25, 0.3) is 0 Å². The fourth-order valence-electron chi connectivity index (χ4n) is 3.49. The van der Waals surface area contributed by atoms with Crippen LogP contribution in [0.2, 0.25) is 0 Å². The summed E-state index contributed by atoms with van der Waals surface area (Å²) in [5.41, 5.74) is 7.21. The van der Waals surface area contributed by atoms with Gasteiger partial charge < -0.3 is 21.7 Å². The lowest BCUT2D eigenvalue weighted by Crippen LogP contribution is -2.56. The van der Waals surface area contributed by atoms with Crippen molar-refractivity contribution in [3.05, 3.63) is 71.8 Å². The van der Waals surface area contributed by atoms with Gasteiger partial charge in [0.25, 0.3) is 0 Å². The van der Waals surface area contributed by atoms with Crippen LogP contribution in [0, 0.1) is 0 Å². The Morgan fingerprint density at radius 3 is 1.94 bits per heavy atom. The Kier molecular flexibility index (Phi) is 7.37. The summed E-state index contributed by atoms with van der Waals surface area (Å²) in [6.07, 6.45) is 1.12. The third-order valence-corrected chi connectivity index (χ3v) is 5.17. The molecule has 1 aliphatic heterocycles. The third kappa shape index (κ3) is 6.40. The summed E-state index contributed by atoms with van der Waals surface area (Å²) in [4.78, 5) is 49.1. The Labute approximate surface area is 180 Å². The first-order valence-corrected chi connectivity index (χ1v) is 10.2. The first-order chi connectivity index (χ1) is 14.9. The van der Waals surface area contributed by atoms with E-state index in [1.165, 1.54) is 0 Å². The summed E-state index contributed by atoms with van der Waals surface area (Å²) in [6, 6.07) is 15.9. The van der Waals surface area contributed by atoms with Crippen LogP contribution in [-0.4, -0.2) is 41.8 Å². The molecule has 2 aromatic carbocycles. The van der Waals surface area contributed by atoms with Gasteiger partial charge in [-0.3, -0.25) is 19.2 Å². The van der Waals surface area contributed by atoms with Crippen molar-refractivity contribution in [3.63, 3.8) is 0 Å². The molecule has 0 bridgehead atoms. The normalized spacial score (nSPS) is 17.3. The van der Waals surface area contributed by atoms with Crippen LogP contribution in [0.4, 0.5) is 0 Å². The van der Waals surface area contributed by atoms with Gasteiger partial charge in [-0.2, -0.15) is 0 Å². The summed E-state index contributed by atoms with van der Waals surface area (Å²) in [6.45, 7) is 0. The predicted molar refractivity (Wildman–Crippen MR) is 115 cm³/mol. The molecule has 2 aromatic rings. The summed E-state index contributed by atoms with van der Waals surface area (Å²) in [5.74, 6) is -1.80. The quantitative estimate of drug-likeness (QED) is 0.460. The molecule has 1 saturated heterocycles. The minimum Gasteiger partial charge on any atom is -0.368 e. The highest BCUT2D eigenvalue weighted by Gasteiger charge is 2.31. The lowest BCUT2D eigenvalue weighted by molar-refractivity contribution is -0.132. The zero-order valence-electron chi connectivity index (χ0n) is 17.0. The molecule has 8 nitrogen and oxygen atoms in total. The molecule has 0 aliphatic carbocycles. The maximum Gasteiger partial charge on any atom is 0.243 e.